The van der Waals surface area contributed by atoms with Crippen molar-refractivity contribution in [1.82, 2.24) is 10.3 Å². The quantitative estimate of drug-likeness (QED) is 0.910. The largest absolute Gasteiger partial charge is 0.418 e. The lowest BCUT2D eigenvalue weighted by molar-refractivity contribution is -0.136. The lowest BCUT2D eigenvalue weighted by Crippen LogP contribution is -2.39. The molecule has 0 radical (unpaired) electrons. The lowest BCUT2D eigenvalue weighted by atomic mass is 9.96. The molecule has 0 aliphatic carbocycles. The van der Waals surface area contributed by atoms with Crippen LogP contribution in [0.25, 0.3) is 10.2 Å². The summed E-state index contributed by atoms with van der Waals surface area (Å²) in [4.78, 5) is 17.8. The van der Waals surface area contributed by atoms with Gasteiger partial charge in [0.25, 0.3) is 0 Å². The van der Waals surface area contributed by atoms with Gasteiger partial charge in [-0.15, -0.1) is 0 Å². The van der Waals surface area contributed by atoms with E-state index >= 15 is 0 Å². The van der Waals surface area contributed by atoms with Gasteiger partial charge in [-0.1, -0.05) is 17.4 Å². The fraction of sp³-hybridized carbons (Fsp3) is 0.467. The Morgan fingerprint density at radius 2 is 2.04 bits per heavy atom. The van der Waals surface area contributed by atoms with Gasteiger partial charge < -0.3 is 10.2 Å². The van der Waals surface area contributed by atoms with Crippen LogP contribution in [-0.4, -0.2) is 31.0 Å². The highest BCUT2D eigenvalue weighted by Crippen LogP contribution is 2.39. The van der Waals surface area contributed by atoms with Crippen molar-refractivity contribution in [2.45, 2.75) is 19.0 Å². The molecule has 8 heteroatoms. The van der Waals surface area contributed by atoms with Crippen molar-refractivity contribution >= 4 is 32.6 Å². The topological polar surface area (TPSA) is 45.2 Å². The molecule has 1 aromatic carbocycles. The average molecular weight is 343 g/mol. The minimum atomic E-state index is -4.41. The third kappa shape index (κ3) is 3.12. The highest BCUT2D eigenvalue weighted by atomic mass is 32.1. The maximum absolute atomic E-state index is 13.1. The molecule has 2 aromatic rings. The molecule has 3 rings (SSSR count). The summed E-state index contributed by atoms with van der Waals surface area (Å²) in [6.07, 6.45) is -3.04. The van der Waals surface area contributed by atoms with Crippen LogP contribution in [0.3, 0.4) is 0 Å². The van der Waals surface area contributed by atoms with Crippen LogP contribution in [0.4, 0.5) is 18.3 Å². The second-order valence-corrected chi connectivity index (χ2v) is 6.53. The summed E-state index contributed by atoms with van der Waals surface area (Å²) in [5.41, 5.74) is -0.689. The Morgan fingerprint density at radius 1 is 1.35 bits per heavy atom. The van der Waals surface area contributed by atoms with E-state index in [1.54, 1.807) is 13.1 Å². The van der Waals surface area contributed by atoms with E-state index in [0.717, 1.165) is 6.07 Å². The molecular formula is C15H16F3N3OS. The number of fused-ring (bicyclic) bond motifs is 1. The number of amides is 1. The zero-order valence-corrected chi connectivity index (χ0v) is 13.3. The molecule has 124 valence electrons. The summed E-state index contributed by atoms with van der Waals surface area (Å²) in [7, 11) is 1.61. The number of aromatic nitrogens is 1. The fourth-order valence-corrected chi connectivity index (χ4v) is 3.88. The number of carbonyl (C=O) groups excluding carboxylic acids is 1. The van der Waals surface area contributed by atoms with Crippen molar-refractivity contribution in [3.05, 3.63) is 23.8 Å². The first-order chi connectivity index (χ1) is 10.9. The minimum absolute atomic E-state index is 0.00780. The number of anilines is 1. The van der Waals surface area contributed by atoms with Crippen molar-refractivity contribution in [3.63, 3.8) is 0 Å². The summed E-state index contributed by atoms with van der Waals surface area (Å²) in [5.74, 6) is -0.00956. The van der Waals surface area contributed by atoms with Crippen molar-refractivity contribution in [1.29, 1.82) is 0 Å². The van der Waals surface area contributed by atoms with Crippen molar-refractivity contribution in [2.24, 2.45) is 5.92 Å². The zero-order chi connectivity index (χ0) is 16.6. The smallest absolute Gasteiger partial charge is 0.359 e. The standard InChI is InChI=1S/C15H16F3N3OS/c1-19-13(22)9-5-7-21(8-6-9)14-20-12-10(15(16,17)18)3-2-4-11(12)23-14/h2-4,9H,5-8H2,1H3,(H,19,22). The lowest BCUT2D eigenvalue weighted by Gasteiger charge is -2.30. The van der Waals surface area contributed by atoms with E-state index in [0.29, 0.717) is 35.8 Å². The molecule has 2 heterocycles. The van der Waals surface area contributed by atoms with Gasteiger partial charge in [0, 0.05) is 26.1 Å². The molecule has 0 unspecified atom stereocenters. The third-order valence-corrected chi connectivity index (χ3v) is 5.18. The highest BCUT2D eigenvalue weighted by Gasteiger charge is 2.34. The number of piperidine rings is 1. The van der Waals surface area contributed by atoms with E-state index in [1.165, 1.54) is 17.4 Å². The number of rotatable bonds is 2. The molecule has 1 N–H and O–H groups in total. The first kappa shape index (κ1) is 16.0. The Bertz CT molecular complexity index is 720. The van der Waals surface area contributed by atoms with Crippen molar-refractivity contribution in [2.75, 3.05) is 25.0 Å². The number of nitrogens with one attached hydrogen (secondary N) is 1. The summed E-state index contributed by atoms with van der Waals surface area (Å²) in [6.45, 7) is 1.25. The van der Waals surface area contributed by atoms with Crippen LogP contribution in [0.15, 0.2) is 18.2 Å². The van der Waals surface area contributed by atoms with Crippen LogP contribution in [0.1, 0.15) is 18.4 Å². The van der Waals surface area contributed by atoms with Crippen molar-refractivity contribution < 1.29 is 18.0 Å². The Morgan fingerprint density at radius 3 is 2.65 bits per heavy atom. The first-order valence-corrected chi connectivity index (χ1v) is 8.15. The molecule has 0 bridgehead atoms. The average Bonchev–Trinajstić information content (AvgIpc) is 2.97. The zero-order valence-electron chi connectivity index (χ0n) is 12.5. The molecule has 1 aliphatic rings. The number of nitrogens with zero attached hydrogens (tertiary/aromatic N) is 2. The summed E-state index contributed by atoms with van der Waals surface area (Å²) < 4.78 is 39.7. The molecule has 1 fully saturated rings. The third-order valence-electron chi connectivity index (χ3n) is 4.10. The Labute approximate surface area is 135 Å². The molecule has 4 nitrogen and oxygen atoms in total. The predicted octanol–water partition coefficient (Wildman–Crippen LogP) is 3.28. The minimum Gasteiger partial charge on any atom is -0.359 e. The SMILES string of the molecule is CNC(=O)C1CCN(c2nc3c(C(F)(F)F)cccc3s2)CC1. The summed E-state index contributed by atoms with van der Waals surface area (Å²) in [5, 5.41) is 3.23. The van der Waals surface area contributed by atoms with E-state index < -0.39 is 11.7 Å². The molecule has 0 spiro atoms. The molecule has 0 atom stereocenters. The van der Waals surface area contributed by atoms with E-state index in [1.807, 2.05) is 4.90 Å². The van der Waals surface area contributed by atoms with Crippen LogP contribution in [-0.2, 0) is 11.0 Å². The number of hydrogen-bond acceptors (Lipinski definition) is 4. The van der Waals surface area contributed by atoms with Gasteiger partial charge in [-0.25, -0.2) is 4.98 Å². The second kappa shape index (κ2) is 5.99. The highest BCUT2D eigenvalue weighted by molar-refractivity contribution is 7.22. The van der Waals surface area contributed by atoms with Gasteiger partial charge in [0.15, 0.2) is 5.13 Å². The van der Waals surface area contributed by atoms with Gasteiger partial charge in [0.05, 0.1) is 15.8 Å². The first-order valence-electron chi connectivity index (χ1n) is 7.33. The van der Waals surface area contributed by atoms with Crippen LogP contribution < -0.4 is 10.2 Å². The molecule has 0 saturated carbocycles. The fourth-order valence-electron chi connectivity index (χ4n) is 2.84. The number of hydrogen-bond donors (Lipinski definition) is 1. The normalized spacial score (nSPS) is 16.8. The predicted molar refractivity (Wildman–Crippen MR) is 83.6 cm³/mol. The number of para-hydroxylation sites is 1. The maximum atomic E-state index is 13.1. The van der Waals surface area contributed by atoms with Gasteiger partial charge >= 0.3 is 6.18 Å². The molecule has 1 amide bonds. The molecule has 1 aromatic heterocycles. The number of halogens is 3. The molecule has 1 aliphatic heterocycles. The number of alkyl halides is 3. The van der Waals surface area contributed by atoms with Crippen molar-refractivity contribution in [3.8, 4) is 0 Å². The molecular weight excluding hydrogens is 327 g/mol. The molecule has 23 heavy (non-hydrogen) atoms. The summed E-state index contributed by atoms with van der Waals surface area (Å²) in [6, 6.07) is 4.12. The van der Waals surface area contributed by atoms with Crippen LogP contribution >= 0.6 is 11.3 Å². The maximum Gasteiger partial charge on any atom is 0.418 e. The molecule has 1 saturated heterocycles. The van der Waals surface area contributed by atoms with Crippen LogP contribution in [0.5, 0.6) is 0 Å². The second-order valence-electron chi connectivity index (χ2n) is 5.52. The Kier molecular flexibility index (Phi) is 4.18. The van der Waals surface area contributed by atoms with E-state index in [-0.39, 0.29) is 17.3 Å². The Balaban J connectivity index is 1.84. The summed E-state index contributed by atoms with van der Waals surface area (Å²) >= 11 is 1.26. The van der Waals surface area contributed by atoms with Gasteiger partial charge in [-0.05, 0) is 25.0 Å². The Hall–Kier alpha value is -1.83. The van der Waals surface area contributed by atoms with E-state index in [9.17, 15) is 18.0 Å². The van der Waals surface area contributed by atoms with Crippen LogP contribution in [0.2, 0.25) is 0 Å². The van der Waals surface area contributed by atoms with E-state index in [2.05, 4.69) is 10.3 Å². The van der Waals surface area contributed by atoms with Gasteiger partial charge in [0.1, 0.15) is 0 Å². The van der Waals surface area contributed by atoms with E-state index in [4.69, 9.17) is 0 Å². The van der Waals surface area contributed by atoms with Gasteiger partial charge in [-0.3, -0.25) is 4.79 Å². The number of benzene rings is 1. The van der Waals surface area contributed by atoms with Crippen LogP contribution in [0, 0.1) is 5.92 Å². The monoisotopic (exact) mass is 343 g/mol. The number of carbonyl (C=O) groups is 1. The number of thiazole rings is 1. The van der Waals surface area contributed by atoms with Gasteiger partial charge in [-0.2, -0.15) is 13.2 Å². The van der Waals surface area contributed by atoms with Gasteiger partial charge in [0.2, 0.25) is 5.91 Å².